The maximum Gasteiger partial charge on any atom is 0.303 e. The number of amides is 1. The van der Waals surface area contributed by atoms with Gasteiger partial charge in [0.2, 0.25) is 5.91 Å². The molecule has 0 saturated heterocycles. The molecule has 0 radical (unpaired) electrons. The van der Waals surface area contributed by atoms with Crippen LogP contribution in [0.4, 0.5) is 5.69 Å². The van der Waals surface area contributed by atoms with Gasteiger partial charge in [0.1, 0.15) is 5.75 Å². The number of carboxylic acids is 1. The largest absolute Gasteiger partial charge is 0.491 e. The Hall–Kier alpha value is -2.47. The zero-order valence-electron chi connectivity index (χ0n) is 18.8. The minimum atomic E-state index is -0.836. The molecule has 2 aromatic rings. The normalized spacial score (nSPS) is 10.6. The fourth-order valence-corrected chi connectivity index (χ4v) is 4.23. The van der Waals surface area contributed by atoms with Crippen LogP contribution in [0.2, 0.25) is 0 Å². The summed E-state index contributed by atoms with van der Waals surface area (Å²) in [6.45, 7) is 0.310. The predicted molar refractivity (Wildman–Crippen MR) is 132 cm³/mol. The zero-order chi connectivity index (χ0) is 22.9. The summed E-state index contributed by atoms with van der Waals surface area (Å²) in [6, 6.07) is 17.8. The molecule has 5 nitrogen and oxygen atoms in total. The monoisotopic (exact) mass is 457 g/mol. The van der Waals surface area contributed by atoms with Crippen LogP contribution in [0.3, 0.4) is 0 Å². The zero-order valence-corrected chi connectivity index (χ0v) is 19.6. The van der Waals surface area contributed by atoms with Gasteiger partial charge in [0, 0.05) is 17.7 Å². The van der Waals surface area contributed by atoms with Crippen LogP contribution in [0.5, 0.6) is 5.75 Å². The number of rotatable bonds is 17. The van der Waals surface area contributed by atoms with Crippen LogP contribution in [-0.4, -0.2) is 29.3 Å². The third kappa shape index (κ3) is 11.8. The highest BCUT2D eigenvalue weighted by Gasteiger charge is 2.08. The van der Waals surface area contributed by atoms with E-state index in [9.17, 15) is 9.59 Å². The lowest BCUT2D eigenvalue weighted by molar-refractivity contribution is -0.137. The molecule has 0 spiro atoms. The van der Waals surface area contributed by atoms with Crippen LogP contribution in [0.1, 0.15) is 64.2 Å². The van der Waals surface area contributed by atoms with Gasteiger partial charge in [0.15, 0.2) is 0 Å². The van der Waals surface area contributed by atoms with E-state index in [0.717, 1.165) is 12.8 Å². The van der Waals surface area contributed by atoms with E-state index in [1.54, 1.807) is 12.1 Å². The molecule has 0 unspecified atom stereocenters. The van der Waals surface area contributed by atoms with Crippen LogP contribution >= 0.6 is 11.8 Å². The average Bonchev–Trinajstić information content (AvgIpc) is 2.79. The van der Waals surface area contributed by atoms with E-state index >= 15 is 0 Å². The molecule has 0 fully saturated rings. The Morgan fingerprint density at radius 3 is 2.19 bits per heavy atom. The number of thioether (sulfide) groups is 1. The highest BCUT2D eigenvalue weighted by molar-refractivity contribution is 7.99. The number of aliphatic carboxylic acids is 1. The molecule has 2 N–H and O–H groups in total. The summed E-state index contributed by atoms with van der Waals surface area (Å²) in [7, 11) is 0. The Morgan fingerprint density at radius 2 is 1.44 bits per heavy atom. The van der Waals surface area contributed by atoms with Crippen LogP contribution in [0.25, 0.3) is 0 Å². The summed E-state index contributed by atoms with van der Waals surface area (Å²) in [5, 5.41) is 11.6. The van der Waals surface area contributed by atoms with Crippen molar-refractivity contribution < 1.29 is 19.4 Å². The van der Waals surface area contributed by atoms with Gasteiger partial charge in [-0.2, -0.15) is 0 Å². The fourth-order valence-electron chi connectivity index (χ4n) is 3.29. The van der Waals surface area contributed by atoms with Gasteiger partial charge in [-0.15, -0.1) is 11.8 Å². The number of carbonyl (C=O) groups excluding carboxylic acids is 1. The van der Waals surface area contributed by atoms with Crippen LogP contribution in [0.15, 0.2) is 59.5 Å². The number of hydrogen-bond acceptors (Lipinski definition) is 4. The van der Waals surface area contributed by atoms with Crippen molar-refractivity contribution in [2.45, 2.75) is 69.1 Å². The lowest BCUT2D eigenvalue weighted by Crippen LogP contribution is -2.12. The number of nitrogens with one attached hydrogen (secondary N) is 1. The molecule has 0 aliphatic carbocycles. The molecule has 32 heavy (non-hydrogen) atoms. The summed E-state index contributed by atoms with van der Waals surface area (Å²) >= 11 is 1.93. The molecule has 0 atom stereocenters. The minimum Gasteiger partial charge on any atom is -0.491 e. The Balaban J connectivity index is 1.49. The van der Waals surface area contributed by atoms with E-state index in [4.69, 9.17) is 9.84 Å². The van der Waals surface area contributed by atoms with Gasteiger partial charge in [-0.25, -0.2) is 0 Å². The average molecular weight is 458 g/mol. The maximum atomic E-state index is 12.3. The Labute approximate surface area is 196 Å². The minimum absolute atomic E-state index is 0.00970. The van der Waals surface area contributed by atoms with Gasteiger partial charge >= 0.3 is 5.97 Å². The summed E-state index contributed by atoms with van der Waals surface area (Å²) < 4.78 is 5.63. The second-order valence-electron chi connectivity index (χ2n) is 7.78. The van der Waals surface area contributed by atoms with Crippen LogP contribution < -0.4 is 10.1 Å². The lowest BCUT2D eigenvalue weighted by atomic mass is 10.1. The molecule has 0 bridgehead atoms. The van der Waals surface area contributed by atoms with E-state index in [0.29, 0.717) is 30.9 Å². The van der Waals surface area contributed by atoms with E-state index in [2.05, 4.69) is 35.6 Å². The first-order valence-corrected chi connectivity index (χ1v) is 12.5. The fraction of sp³-hybridized carbons (Fsp3) is 0.462. The smallest absolute Gasteiger partial charge is 0.303 e. The van der Waals surface area contributed by atoms with Gasteiger partial charge < -0.3 is 15.2 Å². The quantitative estimate of drug-likeness (QED) is 0.202. The van der Waals surface area contributed by atoms with Gasteiger partial charge in [-0.05, 0) is 49.3 Å². The molecule has 1 amide bonds. The molecule has 0 heterocycles. The SMILES string of the molecule is O=C(O)CCCOc1ccccc1NC(=O)CCCCCCCCCSc1ccccc1. The number of ether oxygens (including phenoxy) is 1. The number of hydrogen-bond donors (Lipinski definition) is 2. The molecule has 0 saturated carbocycles. The van der Waals surface area contributed by atoms with Crippen molar-refractivity contribution in [3.8, 4) is 5.75 Å². The van der Waals surface area contributed by atoms with Crippen molar-refractivity contribution in [3.63, 3.8) is 0 Å². The molecule has 2 rings (SSSR count). The lowest BCUT2D eigenvalue weighted by Gasteiger charge is -2.12. The van der Waals surface area contributed by atoms with E-state index in [1.165, 1.54) is 42.8 Å². The summed E-state index contributed by atoms with van der Waals surface area (Å²) in [4.78, 5) is 24.2. The highest BCUT2D eigenvalue weighted by atomic mass is 32.2. The second-order valence-corrected chi connectivity index (χ2v) is 8.94. The first-order valence-electron chi connectivity index (χ1n) is 11.6. The van der Waals surface area contributed by atoms with Gasteiger partial charge in [0.05, 0.1) is 12.3 Å². The number of para-hydroxylation sites is 2. The van der Waals surface area contributed by atoms with Gasteiger partial charge in [-0.1, -0.05) is 62.4 Å². The second kappa shape index (κ2) is 16.2. The Morgan fingerprint density at radius 1 is 0.781 bits per heavy atom. The number of unbranched alkanes of at least 4 members (excludes halogenated alkanes) is 6. The maximum absolute atomic E-state index is 12.3. The number of carbonyl (C=O) groups is 2. The molecule has 6 heteroatoms. The van der Waals surface area contributed by atoms with Crippen LogP contribution in [0, 0.1) is 0 Å². The molecule has 0 aliphatic rings. The van der Waals surface area contributed by atoms with E-state index in [-0.39, 0.29) is 12.3 Å². The topological polar surface area (TPSA) is 75.6 Å². The molecular formula is C26H35NO4S. The molecule has 0 aromatic heterocycles. The Kier molecular flexibility index (Phi) is 13.1. The van der Waals surface area contributed by atoms with E-state index in [1.807, 2.05) is 23.9 Å². The first-order chi connectivity index (χ1) is 15.6. The van der Waals surface area contributed by atoms with Crippen molar-refractivity contribution in [1.82, 2.24) is 0 Å². The highest BCUT2D eigenvalue weighted by Crippen LogP contribution is 2.24. The Bertz CT molecular complexity index is 797. The number of carboxylic acid groups (broad SMARTS) is 1. The third-order valence-electron chi connectivity index (χ3n) is 5.01. The summed E-state index contributed by atoms with van der Waals surface area (Å²) in [5.41, 5.74) is 0.640. The number of benzene rings is 2. The third-order valence-corrected chi connectivity index (χ3v) is 6.11. The number of anilines is 1. The molecule has 174 valence electrons. The van der Waals surface area contributed by atoms with Gasteiger partial charge in [0.25, 0.3) is 0 Å². The molecule has 2 aromatic carbocycles. The van der Waals surface area contributed by atoms with Crippen molar-refractivity contribution in [3.05, 3.63) is 54.6 Å². The van der Waals surface area contributed by atoms with Crippen molar-refractivity contribution in [2.24, 2.45) is 0 Å². The summed E-state index contributed by atoms with van der Waals surface area (Å²) in [6.07, 6.45) is 9.13. The molecular weight excluding hydrogens is 422 g/mol. The van der Waals surface area contributed by atoms with E-state index < -0.39 is 5.97 Å². The van der Waals surface area contributed by atoms with Gasteiger partial charge in [-0.3, -0.25) is 9.59 Å². The first kappa shape index (κ1) is 25.8. The van der Waals surface area contributed by atoms with Crippen molar-refractivity contribution >= 4 is 29.3 Å². The van der Waals surface area contributed by atoms with Crippen LogP contribution in [-0.2, 0) is 9.59 Å². The standard InChI is InChI=1S/C26H35NO4S/c28-25(27-23-16-10-11-17-24(23)31-20-13-19-26(29)30)18-9-4-2-1-3-5-12-21-32-22-14-7-6-8-15-22/h6-8,10-11,14-17H,1-5,9,12-13,18-21H2,(H,27,28)(H,29,30). The predicted octanol–water partition coefficient (Wildman–Crippen LogP) is 6.78. The van der Waals surface area contributed by atoms with Crippen molar-refractivity contribution in [1.29, 1.82) is 0 Å². The van der Waals surface area contributed by atoms with Crippen molar-refractivity contribution in [2.75, 3.05) is 17.7 Å². The molecule has 0 aliphatic heterocycles. The summed E-state index contributed by atoms with van der Waals surface area (Å²) in [5.74, 6) is 0.910.